The first-order valence-corrected chi connectivity index (χ1v) is 11.1. The number of nitrogens with zero attached hydrogens (tertiary/aromatic N) is 1. The molecule has 110 valence electrons. The second kappa shape index (κ2) is 6.36. The zero-order chi connectivity index (χ0) is 15.5. The van der Waals surface area contributed by atoms with Gasteiger partial charge in [0.25, 0.3) is 0 Å². The van der Waals surface area contributed by atoms with E-state index in [-0.39, 0.29) is 0 Å². The van der Waals surface area contributed by atoms with Gasteiger partial charge in [-0.1, -0.05) is 43.9 Å². The number of hydrogen-bond donors (Lipinski definition) is 0. The Kier molecular flexibility index (Phi) is 4.75. The van der Waals surface area contributed by atoms with E-state index in [2.05, 4.69) is 79.6 Å². The number of allylic oxidation sites excluding steroid dienone is 1. The molecule has 2 heteroatoms. The van der Waals surface area contributed by atoms with Crippen molar-refractivity contribution in [2.45, 2.75) is 38.4 Å². The van der Waals surface area contributed by atoms with Crippen molar-refractivity contribution in [2.24, 2.45) is 7.05 Å². The summed E-state index contributed by atoms with van der Waals surface area (Å²) >= 11 is 0. The van der Waals surface area contributed by atoms with Crippen molar-refractivity contribution in [2.75, 3.05) is 0 Å². The quantitative estimate of drug-likeness (QED) is 0.420. The third kappa shape index (κ3) is 3.89. The Hall–Kier alpha value is -1.72. The van der Waals surface area contributed by atoms with Crippen molar-refractivity contribution in [1.82, 2.24) is 4.57 Å². The molecule has 0 amide bonds. The molecule has 0 spiro atoms. The highest BCUT2D eigenvalue weighted by Crippen LogP contribution is 2.27. The molecule has 1 atom stereocenters. The standard InChI is InChI=1S/C19H25NSi/c1-6-7-10-16(13-14-21(3,4)5)19-15-17-11-8-9-12-18(17)20(19)2/h6,8-9,11-12,15-16H,1,7,10H2,2-5H3/t16-/m0/s1. The molecule has 21 heavy (non-hydrogen) atoms. The third-order valence-electron chi connectivity index (χ3n) is 3.63. The summed E-state index contributed by atoms with van der Waals surface area (Å²) in [5.41, 5.74) is 6.15. The molecule has 1 heterocycles. The third-order valence-corrected chi connectivity index (χ3v) is 4.52. The maximum atomic E-state index is 3.85. The van der Waals surface area contributed by atoms with Crippen molar-refractivity contribution in [3.8, 4) is 11.5 Å². The van der Waals surface area contributed by atoms with Crippen LogP contribution in [0.3, 0.4) is 0 Å². The number of para-hydroxylation sites is 1. The molecular weight excluding hydrogens is 270 g/mol. The van der Waals surface area contributed by atoms with Crippen LogP contribution in [0.15, 0.2) is 43.0 Å². The fourth-order valence-electron chi connectivity index (χ4n) is 2.53. The van der Waals surface area contributed by atoms with Gasteiger partial charge < -0.3 is 4.57 Å². The lowest BCUT2D eigenvalue weighted by atomic mass is 10.00. The normalized spacial score (nSPS) is 12.8. The van der Waals surface area contributed by atoms with Gasteiger partial charge in [-0.05, 0) is 30.4 Å². The van der Waals surface area contributed by atoms with Gasteiger partial charge in [-0.25, -0.2) is 0 Å². The van der Waals surface area contributed by atoms with E-state index < -0.39 is 8.07 Å². The average molecular weight is 296 g/mol. The Labute approximate surface area is 129 Å². The highest BCUT2D eigenvalue weighted by atomic mass is 28.3. The SMILES string of the molecule is C=CCC[C@@H](C#C[Si](C)(C)C)c1cc2ccccc2n1C. The molecule has 1 aromatic heterocycles. The Balaban J connectivity index is 2.44. The first-order chi connectivity index (χ1) is 9.92. The lowest BCUT2D eigenvalue weighted by molar-refractivity contribution is 0.711. The van der Waals surface area contributed by atoms with Crippen molar-refractivity contribution >= 4 is 19.0 Å². The molecule has 0 aliphatic carbocycles. The molecule has 2 aromatic rings. The van der Waals surface area contributed by atoms with E-state index in [4.69, 9.17) is 0 Å². The minimum Gasteiger partial charge on any atom is -0.346 e. The number of hydrogen-bond acceptors (Lipinski definition) is 0. The summed E-state index contributed by atoms with van der Waals surface area (Å²) in [5.74, 6) is 3.85. The van der Waals surface area contributed by atoms with Crippen LogP contribution in [-0.2, 0) is 7.05 Å². The van der Waals surface area contributed by atoms with Crippen LogP contribution in [-0.4, -0.2) is 12.6 Å². The van der Waals surface area contributed by atoms with Gasteiger partial charge in [0.2, 0.25) is 0 Å². The molecule has 0 saturated carbocycles. The van der Waals surface area contributed by atoms with E-state index in [9.17, 15) is 0 Å². The van der Waals surface area contributed by atoms with Crippen LogP contribution in [0.5, 0.6) is 0 Å². The van der Waals surface area contributed by atoms with Gasteiger partial charge in [0.1, 0.15) is 8.07 Å². The summed E-state index contributed by atoms with van der Waals surface area (Å²) in [6.07, 6.45) is 4.05. The number of aromatic nitrogens is 1. The highest BCUT2D eigenvalue weighted by Gasteiger charge is 2.15. The predicted octanol–water partition coefficient (Wildman–Crippen LogP) is 5.11. The molecule has 1 nitrogen and oxygen atoms in total. The number of fused-ring (bicyclic) bond motifs is 1. The van der Waals surface area contributed by atoms with Crippen LogP contribution >= 0.6 is 0 Å². The number of benzene rings is 1. The molecular formula is C19H25NSi. The van der Waals surface area contributed by atoms with E-state index in [0.29, 0.717) is 5.92 Å². The van der Waals surface area contributed by atoms with E-state index in [0.717, 1.165) is 12.8 Å². The zero-order valence-electron chi connectivity index (χ0n) is 13.6. The van der Waals surface area contributed by atoms with Gasteiger partial charge in [0.05, 0.1) is 5.92 Å². The molecule has 0 unspecified atom stereocenters. The van der Waals surface area contributed by atoms with E-state index in [1.165, 1.54) is 16.6 Å². The van der Waals surface area contributed by atoms with E-state index >= 15 is 0 Å². The summed E-state index contributed by atoms with van der Waals surface area (Å²) in [6.45, 7) is 10.7. The summed E-state index contributed by atoms with van der Waals surface area (Å²) in [6, 6.07) is 10.8. The first-order valence-electron chi connectivity index (χ1n) is 7.60. The largest absolute Gasteiger partial charge is 0.346 e. The van der Waals surface area contributed by atoms with Crippen LogP contribution in [0.25, 0.3) is 10.9 Å². The fraction of sp³-hybridized carbons (Fsp3) is 0.368. The minimum absolute atomic E-state index is 0.298. The Bertz CT molecular complexity index is 692. The Morgan fingerprint density at radius 2 is 2.00 bits per heavy atom. The maximum Gasteiger partial charge on any atom is 0.129 e. The van der Waals surface area contributed by atoms with Crippen LogP contribution in [0.2, 0.25) is 19.6 Å². The van der Waals surface area contributed by atoms with Crippen LogP contribution < -0.4 is 0 Å². The molecule has 0 saturated heterocycles. The van der Waals surface area contributed by atoms with Crippen molar-refractivity contribution < 1.29 is 0 Å². The van der Waals surface area contributed by atoms with Gasteiger partial charge in [0, 0.05) is 18.3 Å². The van der Waals surface area contributed by atoms with Crippen LogP contribution in [0.4, 0.5) is 0 Å². The van der Waals surface area contributed by atoms with E-state index in [1.54, 1.807) is 0 Å². The molecule has 0 aliphatic heterocycles. The Morgan fingerprint density at radius 1 is 1.29 bits per heavy atom. The van der Waals surface area contributed by atoms with Crippen molar-refractivity contribution in [3.63, 3.8) is 0 Å². The second-order valence-corrected chi connectivity index (χ2v) is 11.4. The summed E-state index contributed by atoms with van der Waals surface area (Å²) in [7, 11) is 0.803. The van der Waals surface area contributed by atoms with Gasteiger partial charge in [-0.2, -0.15) is 0 Å². The number of rotatable bonds is 4. The first kappa shape index (κ1) is 15.7. The molecule has 2 rings (SSSR count). The smallest absolute Gasteiger partial charge is 0.129 e. The van der Waals surface area contributed by atoms with Crippen LogP contribution in [0, 0.1) is 11.5 Å². The molecule has 1 aromatic carbocycles. The molecule has 0 bridgehead atoms. The van der Waals surface area contributed by atoms with Gasteiger partial charge in [-0.15, -0.1) is 18.0 Å². The van der Waals surface area contributed by atoms with Gasteiger partial charge in [-0.3, -0.25) is 0 Å². The zero-order valence-corrected chi connectivity index (χ0v) is 14.6. The molecule has 0 aliphatic rings. The minimum atomic E-state index is -1.34. The maximum absolute atomic E-state index is 3.85. The highest BCUT2D eigenvalue weighted by molar-refractivity contribution is 6.83. The van der Waals surface area contributed by atoms with Crippen molar-refractivity contribution in [3.05, 3.63) is 48.7 Å². The topological polar surface area (TPSA) is 4.93 Å². The lowest BCUT2D eigenvalue weighted by Crippen LogP contribution is -2.17. The average Bonchev–Trinajstić information content (AvgIpc) is 2.76. The molecule has 0 radical (unpaired) electrons. The monoisotopic (exact) mass is 295 g/mol. The van der Waals surface area contributed by atoms with Crippen molar-refractivity contribution in [1.29, 1.82) is 0 Å². The summed E-state index contributed by atoms with van der Waals surface area (Å²) in [5, 5.41) is 1.30. The fourth-order valence-corrected chi connectivity index (χ4v) is 3.13. The van der Waals surface area contributed by atoms with E-state index in [1.807, 2.05) is 6.08 Å². The summed E-state index contributed by atoms with van der Waals surface area (Å²) < 4.78 is 2.29. The molecule has 0 fully saturated rings. The summed E-state index contributed by atoms with van der Waals surface area (Å²) in [4.78, 5) is 0. The molecule has 0 N–H and O–H groups in total. The Morgan fingerprint density at radius 3 is 2.62 bits per heavy atom. The lowest BCUT2D eigenvalue weighted by Gasteiger charge is -2.13. The predicted molar refractivity (Wildman–Crippen MR) is 96.2 cm³/mol. The van der Waals surface area contributed by atoms with Gasteiger partial charge in [0.15, 0.2) is 0 Å². The second-order valence-electron chi connectivity index (χ2n) is 6.62. The number of aryl methyl sites for hydroxylation is 1. The van der Waals surface area contributed by atoms with Crippen LogP contribution in [0.1, 0.15) is 24.5 Å². The van der Waals surface area contributed by atoms with Gasteiger partial charge >= 0.3 is 0 Å².